The lowest BCUT2D eigenvalue weighted by Gasteiger charge is -2.29. The third kappa shape index (κ3) is 3.75. The summed E-state index contributed by atoms with van der Waals surface area (Å²) in [4.78, 5) is 14.7. The van der Waals surface area contributed by atoms with E-state index in [9.17, 15) is 4.79 Å². The fourth-order valence-corrected chi connectivity index (χ4v) is 3.47. The Bertz CT molecular complexity index is 751. The van der Waals surface area contributed by atoms with Crippen LogP contribution in [0.25, 0.3) is 11.0 Å². The highest BCUT2D eigenvalue weighted by Gasteiger charge is 2.23. The first-order valence-corrected chi connectivity index (χ1v) is 8.45. The molecule has 2 aromatic rings. The van der Waals surface area contributed by atoms with Gasteiger partial charge in [0.1, 0.15) is 44.9 Å². The van der Waals surface area contributed by atoms with Crippen molar-refractivity contribution in [3.63, 3.8) is 0 Å². The highest BCUT2D eigenvalue weighted by Crippen LogP contribution is 2.24. The molecule has 2 heterocycles. The van der Waals surface area contributed by atoms with Gasteiger partial charge in [0.15, 0.2) is 0 Å². The van der Waals surface area contributed by atoms with Crippen LogP contribution >= 0.6 is 11.6 Å². The van der Waals surface area contributed by atoms with Crippen LogP contribution in [0.1, 0.15) is 11.1 Å². The number of nitrogens with one attached hydrogen (secondary N) is 2. The summed E-state index contributed by atoms with van der Waals surface area (Å²) in [6.07, 6.45) is 0. The molecule has 0 aliphatic carbocycles. The van der Waals surface area contributed by atoms with Gasteiger partial charge in [-0.25, -0.2) is 4.79 Å². The van der Waals surface area contributed by atoms with E-state index in [1.54, 1.807) is 6.07 Å². The van der Waals surface area contributed by atoms with Crippen molar-refractivity contribution in [2.75, 3.05) is 39.3 Å². The van der Waals surface area contributed by atoms with E-state index < -0.39 is 0 Å². The summed E-state index contributed by atoms with van der Waals surface area (Å²) in [6.45, 7) is 7.95. The van der Waals surface area contributed by atoms with Gasteiger partial charge in [0.25, 0.3) is 0 Å². The summed E-state index contributed by atoms with van der Waals surface area (Å²) >= 11 is 6.24. The Kier molecular flexibility index (Phi) is 5.02. The van der Waals surface area contributed by atoms with Crippen molar-refractivity contribution in [1.29, 1.82) is 0 Å². The van der Waals surface area contributed by atoms with E-state index in [0.29, 0.717) is 10.6 Å². The number of fused-ring (bicyclic) bond motifs is 1. The third-order valence-electron chi connectivity index (χ3n) is 4.68. The second-order valence-electron chi connectivity index (χ2n) is 6.34. The molecule has 5 nitrogen and oxygen atoms in total. The van der Waals surface area contributed by atoms with Crippen molar-refractivity contribution in [2.45, 2.75) is 13.5 Å². The predicted molar refractivity (Wildman–Crippen MR) is 89.3 cm³/mol. The predicted octanol–water partition coefficient (Wildman–Crippen LogP) is -0.969. The molecule has 1 aliphatic heterocycles. The van der Waals surface area contributed by atoms with Crippen LogP contribution in [-0.4, -0.2) is 44.4 Å². The minimum atomic E-state index is -0.307. The van der Waals surface area contributed by atoms with E-state index in [1.807, 2.05) is 19.1 Å². The first-order valence-electron chi connectivity index (χ1n) is 8.07. The van der Waals surface area contributed by atoms with Crippen LogP contribution in [0, 0.1) is 6.92 Å². The molecule has 0 radical (unpaired) electrons. The summed E-state index contributed by atoms with van der Waals surface area (Å²) in [5, 5.41) is 10.7. The number of rotatable bonds is 4. The average molecular weight is 339 g/mol. The quantitative estimate of drug-likeness (QED) is 0.629. The molecule has 1 aromatic carbocycles. The highest BCUT2D eigenvalue weighted by molar-refractivity contribution is 6.32. The first kappa shape index (κ1) is 16.5. The number of aliphatic hydroxyl groups excluding tert-OH is 1. The van der Waals surface area contributed by atoms with Gasteiger partial charge in [-0.15, -0.1) is 0 Å². The fourth-order valence-electron chi connectivity index (χ4n) is 3.31. The molecule has 0 spiro atoms. The standard InChI is InChI=1S/C17H21ClN2O3/c1-12-8-16-14(10-15(12)18)13(9-17(22)23-16)11-20-4-2-19(3-5-20)6-7-21/h8-10,21H,2-7,11H2,1H3/p+2. The van der Waals surface area contributed by atoms with Crippen LogP contribution in [0.15, 0.2) is 27.4 Å². The van der Waals surface area contributed by atoms with Crippen molar-refractivity contribution in [2.24, 2.45) is 0 Å². The van der Waals surface area contributed by atoms with E-state index in [-0.39, 0.29) is 12.2 Å². The van der Waals surface area contributed by atoms with Crippen molar-refractivity contribution >= 4 is 22.6 Å². The summed E-state index contributed by atoms with van der Waals surface area (Å²) < 4.78 is 5.32. The molecule has 0 unspecified atom stereocenters. The highest BCUT2D eigenvalue weighted by atomic mass is 35.5. The molecule has 0 saturated carbocycles. The molecule has 0 bridgehead atoms. The number of aryl methyl sites for hydroxylation is 1. The van der Waals surface area contributed by atoms with Gasteiger partial charge in [0, 0.05) is 22.0 Å². The Balaban J connectivity index is 1.83. The number of quaternary nitrogens is 2. The zero-order valence-electron chi connectivity index (χ0n) is 13.3. The lowest BCUT2D eigenvalue weighted by molar-refractivity contribution is -1.02. The van der Waals surface area contributed by atoms with Gasteiger partial charge in [-0.1, -0.05) is 11.6 Å². The van der Waals surface area contributed by atoms with Gasteiger partial charge in [0.05, 0.1) is 6.61 Å². The monoisotopic (exact) mass is 338 g/mol. The van der Waals surface area contributed by atoms with Crippen LogP contribution in [0.3, 0.4) is 0 Å². The van der Waals surface area contributed by atoms with Gasteiger partial charge in [-0.3, -0.25) is 0 Å². The summed E-state index contributed by atoms with van der Waals surface area (Å²) in [6, 6.07) is 5.33. The second kappa shape index (κ2) is 7.01. The molecule has 1 aliphatic rings. The molecule has 3 N–H and O–H groups in total. The number of benzene rings is 1. The van der Waals surface area contributed by atoms with Crippen molar-refractivity contribution in [3.8, 4) is 0 Å². The maximum absolute atomic E-state index is 11.8. The van der Waals surface area contributed by atoms with Crippen molar-refractivity contribution in [1.82, 2.24) is 0 Å². The van der Waals surface area contributed by atoms with Gasteiger partial charge in [-0.05, 0) is 24.6 Å². The number of halogens is 1. The van der Waals surface area contributed by atoms with Gasteiger partial charge < -0.3 is 19.3 Å². The molecule has 23 heavy (non-hydrogen) atoms. The van der Waals surface area contributed by atoms with E-state index in [4.69, 9.17) is 21.1 Å². The molecule has 6 heteroatoms. The zero-order chi connectivity index (χ0) is 16.4. The number of aliphatic hydroxyl groups is 1. The topological polar surface area (TPSA) is 59.3 Å². The second-order valence-corrected chi connectivity index (χ2v) is 6.75. The SMILES string of the molecule is Cc1cc2oc(=O)cc(C[NH+]3CC[NH+](CCO)CC3)c2cc1Cl. The minimum absolute atomic E-state index is 0.243. The van der Waals surface area contributed by atoms with E-state index >= 15 is 0 Å². The lowest BCUT2D eigenvalue weighted by atomic mass is 10.1. The molecule has 3 rings (SSSR count). The smallest absolute Gasteiger partial charge is 0.336 e. The average Bonchev–Trinajstić information content (AvgIpc) is 2.51. The molecule has 1 fully saturated rings. The minimum Gasteiger partial charge on any atom is -0.423 e. The Hall–Kier alpha value is -1.40. The Morgan fingerprint density at radius 3 is 2.57 bits per heavy atom. The van der Waals surface area contributed by atoms with Crippen LogP contribution in [0.4, 0.5) is 0 Å². The molecular formula is C17H23ClN2O3+2. The molecule has 0 atom stereocenters. The maximum Gasteiger partial charge on any atom is 0.336 e. The van der Waals surface area contributed by atoms with Gasteiger partial charge in [-0.2, -0.15) is 0 Å². The maximum atomic E-state index is 11.8. The Labute approximate surface area is 140 Å². The number of piperazine rings is 1. The summed E-state index contributed by atoms with van der Waals surface area (Å²) in [7, 11) is 0. The van der Waals surface area contributed by atoms with E-state index in [1.165, 1.54) is 9.80 Å². The summed E-state index contributed by atoms with van der Waals surface area (Å²) in [5.74, 6) is 0. The first-order chi connectivity index (χ1) is 11.1. The van der Waals surface area contributed by atoms with E-state index in [0.717, 1.165) is 55.8 Å². The fraction of sp³-hybridized carbons (Fsp3) is 0.471. The van der Waals surface area contributed by atoms with Crippen LogP contribution < -0.4 is 15.4 Å². The molecule has 1 saturated heterocycles. The molecular weight excluding hydrogens is 316 g/mol. The van der Waals surface area contributed by atoms with Crippen molar-refractivity contribution < 1.29 is 19.3 Å². The van der Waals surface area contributed by atoms with Gasteiger partial charge >= 0.3 is 5.63 Å². The van der Waals surface area contributed by atoms with Crippen molar-refractivity contribution in [3.05, 3.63) is 44.8 Å². The Morgan fingerprint density at radius 2 is 1.87 bits per heavy atom. The van der Waals surface area contributed by atoms with Crippen LogP contribution in [-0.2, 0) is 6.54 Å². The normalized spacial score (nSPS) is 21.7. The van der Waals surface area contributed by atoms with E-state index in [2.05, 4.69) is 0 Å². The number of hydrogen-bond acceptors (Lipinski definition) is 3. The molecule has 124 valence electrons. The third-order valence-corrected chi connectivity index (χ3v) is 5.09. The number of hydrogen-bond donors (Lipinski definition) is 3. The lowest BCUT2D eigenvalue weighted by Crippen LogP contribution is -3.27. The zero-order valence-corrected chi connectivity index (χ0v) is 14.1. The molecule has 0 amide bonds. The van der Waals surface area contributed by atoms with Crippen LogP contribution in [0.2, 0.25) is 5.02 Å². The largest absolute Gasteiger partial charge is 0.423 e. The van der Waals surface area contributed by atoms with Crippen LogP contribution in [0.5, 0.6) is 0 Å². The molecule has 1 aromatic heterocycles. The Morgan fingerprint density at radius 1 is 1.17 bits per heavy atom. The summed E-state index contributed by atoms with van der Waals surface area (Å²) in [5.41, 5.74) is 2.21. The van der Waals surface area contributed by atoms with Gasteiger partial charge in [0.2, 0.25) is 0 Å².